The van der Waals surface area contributed by atoms with E-state index in [-0.39, 0.29) is 5.15 Å². The monoisotopic (exact) mass is 333 g/mol. The van der Waals surface area contributed by atoms with Crippen molar-refractivity contribution in [3.8, 4) is 6.07 Å². The summed E-state index contributed by atoms with van der Waals surface area (Å²) in [6, 6.07) is 3.99. The van der Waals surface area contributed by atoms with Crippen molar-refractivity contribution in [2.24, 2.45) is 0 Å². The number of hydrogen-bond donors (Lipinski definition) is 1. The van der Waals surface area contributed by atoms with Crippen LogP contribution in [-0.4, -0.2) is 4.98 Å². The Labute approximate surface area is 114 Å². The largest absolute Gasteiger partial charge is 0.357 e. The molecule has 0 aliphatic heterocycles. The molecule has 2 aromatic heterocycles. The zero-order chi connectivity index (χ0) is 11.5. The molecule has 7 heteroatoms. The predicted octanol–water partition coefficient (Wildman–Crippen LogP) is 4.10. The maximum absolute atomic E-state index is 8.73. The number of anilines is 1. The minimum Gasteiger partial charge on any atom is -0.357 e. The third-order valence-corrected chi connectivity index (χ3v) is 5.01. The molecule has 0 aliphatic rings. The molecule has 3 nitrogen and oxygen atoms in total. The molecule has 0 atom stereocenters. The molecule has 1 N–H and O–H groups in total. The Balaban J connectivity index is 2.06. The van der Waals surface area contributed by atoms with Crippen LogP contribution < -0.4 is 5.32 Å². The lowest BCUT2D eigenvalue weighted by Gasteiger charge is -1.99. The maximum atomic E-state index is 8.73. The molecule has 0 aliphatic carbocycles. The van der Waals surface area contributed by atoms with E-state index in [0.717, 1.165) is 4.47 Å². The van der Waals surface area contributed by atoms with Crippen molar-refractivity contribution in [3.05, 3.63) is 30.8 Å². The second-order valence-corrected chi connectivity index (χ2v) is 6.01. The molecular formula is C9H5BrClN3S2. The fourth-order valence-corrected chi connectivity index (χ4v) is 3.43. The molecular weight excluding hydrogens is 330 g/mol. The zero-order valence-corrected chi connectivity index (χ0v) is 11.8. The van der Waals surface area contributed by atoms with Crippen LogP contribution in [0.15, 0.2) is 15.9 Å². The van der Waals surface area contributed by atoms with Gasteiger partial charge in [-0.3, -0.25) is 0 Å². The van der Waals surface area contributed by atoms with Crippen LogP contribution in [-0.2, 0) is 6.54 Å². The van der Waals surface area contributed by atoms with Gasteiger partial charge in [-0.1, -0.05) is 22.9 Å². The van der Waals surface area contributed by atoms with Gasteiger partial charge >= 0.3 is 0 Å². The summed E-state index contributed by atoms with van der Waals surface area (Å²) in [5.41, 5.74) is 0. The van der Waals surface area contributed by atoms with Crippen LogP contribution in [0.3, 0.4) is 0 Å². The Morgan fingerprint density at radius 1 is 1.62 bits per heavy atom. The van der Waals surface area contributed by atoms with E-state index >= 15 is 0 Å². The van der Waals surface area contributed by atoms with Crippen molar-refractivity contribution in [2.45, 2.75) is 6.54 Å². The summed E-state index contributed by atoms with van der Waals surface area (Å²) in [4.78, 5) is 5.67. The molecule has 16 heavy (non-hydrogen) atoms. The molecule has 0 bridgehead atoms. The highest BCUT2D eigenvalue weighted by Crippen LogP contribution is 2.28. The minimum atomic E-state index is 0.264. The van der Waals surface area contributed by atoms with E-state index < -0.39 is 0 Å². The van der Waals surface area contributed by atoms with Gasteiger partial charge in [-0.2, -0.15) is 5.26 Å². The second kappa shape index (κ2) is 5.15. The first kappa shape index (κ1) is 11.9. The molecule has 0 saturated heterocycles. The highest BCUT2D eigenvalue weighted by Gasteiger charge is 2.09. The van der Waals surface area contributed by atoms with Crippen LogP contribution in [0, 0.1) is 11.3 Å². The van der Waals surface area contributed by atoms with Crippen LogP contribution in [0.2, 0.25) is 5.15 Å². The molecule has 0 unspecified atom stereocenters. The van der Waals surface area contributed by atoms with E-state index in [1.165, 1.54) is 16.2 Å². The quantitative estimate of drug-likeness (QED) is 0.919. The number of nitrogens with zero attached hydrogens (tertiary/aromatic N) is 2. The van der Waals surface area contributed by atoms with Gasteiger partial charge in [0, 0.05) is 9.35 Å². The first-order valence-electron chi connectivity index (χ1n) is 4.23. The predicted molar refractivity (Wildman–Crippen MR) is 71.2 cm³/mol. The third kappa shape index (κ3) is 2.55. The summed E-state index contributed by atoms with van der Waals surface area (Å²) >= 11 is 12.1. The zero-order valence-electron chi connectivity index (χ0n) is 7.83. The van der Waals surface area contributed by atoms with Gasteiger partial charge in [0.05, 0.1) is 6.54 Å². The molecule has 0 fully saturated rings. The number of nitriles is 1. The van der Waals surface area contributed by atoms with Gasteiger partial charge in [-0.25, -0.2) is 4.98 Å². The normalized spacial score (nSPS) is 10.1. The summed E-state index contributed by atoms with van der Waals surface area (Å²) in [7, 11) is 0. The Morgan fingerprint density at radius 2 is 2.44 bits per heavy atom. The smallest absolute Gasteiger partial charge is 0.185 e. The highest BCUT2D eigenvalue weighted by atomic mass is 79.9. The Hall–Kier alpha value is -0.610. The first-order valence-corrected chi connectivity index (χ1v) is 7.09. The Kier molecular flexibility index (Phi) is 3.82. The number of aromatic nitrogens is 1. The van der Waals surface area contributed by atoms with Crippen molar-refractivity contribution >= 4 is 55.3 Å². The topological polar surface area (TPSA) is 48.7 Å². The lowest BCUT2D eigenvalue weighted by Crippen LogP contribution is -1.96. The van der Waals surface area contributed by atoms with Crippen LogP contribution >= 0.6 is 50.2 Å². The summed E-state index contributed by atoms with van der Waals surface area (Å²) in [5.74, 6) is 0. The average Bonchev–Trinajstić information content (AvgIpc) is 2.82. The van der Waals surface area contributed by atoms with Crippen molar-refractivity contribution < 1.29 is 0 Å². The number of hydrogen-bond acceptors (Lipinski definition) is 5. The maximum Gasteiger partial charge on any atom is 0.185 e. The lowest BCUT2D eigenvalue weighted by molar-refractivity contribution is 1.16. The van der Waals surface area contributed by atoms with Gasteiger partial charge in [0.2, 0.25) is 0 Å². The summed E-state index contributed by atoms with van der Waals surface area (Å²) in [5, 5.41) is 14.8. The molecule has 0 amide bonds. The third-order valence-electron chi connectivity index (χ3n) is 1.78. The molecule has 0 saturated carbocycles. The molecule has 0 radical (unpaired) electrons. The van der Waals surface area contributed by atoms with Crippen molar-refractivity contribution in [1.82, 2.24) is 4.98 Å². The van der Waals surface area contributed by atoms with Crippen LogP contribution in [0.4, 0.5) is 5.13 Å². The second-order valence-electron chi connectivity index (χ2n) is 2.80. The molecule has 0 aromatic carbocycles. The van der Waals surface area contributed by atoms with Gasteiger partial charge in [0.1, 0.15) is 10.9 Å². The Morgan fingerprint density at radius 3 is 3.00 bits per heavy atom. The van der Waals surface area contributed by atoms with E-state index in [1.54, 1.807) is 11.3 Å². The van der Waals surface area contributed by atoms with Gasteiger partial charge in [-0.05, 0) is 27.4 Å². The number of thiophene rings is 1. The summed E-state index contributed by atoms with van der Waals surface area (Å²) in [6.45, 7) is 0.674. The molecule has 2 rings (SSSR count). The van der Waals surface area contributed by atoms with Crippen LogP contribution in [0.5, 0.6) is 0 Å². The standard InChI is InChI=1S/C9H5BrClN3S2/c10-5-1-2-15-7(5)4-13-9-14-8(11)6(3-12)16-9/h1-2H,4H2,(H,13,14). The van der Waals surface area contributed by atoms with Crippen LogP contribution in [0.25, 0.3) is 0 Å². The SMILES string of the molecule is N#Cc1sc(NCc2sccc2Br)nc1Cl. The Bertz CT molecular complexity index is 543. The minimum absolute atomic E-state index is 0.264. The van der Waals surface area contributed by atoms with E-state index in [2.05, 4.69) is 26.2 Å². The van der Waals surface area contributed by atoms with Gasteiger partial charge in [0.15, 0.2) is 10.3 Å². The van der Waals surface area contributed by atoms with E-state index in [1.807, 2.05) is 17.5 Å². The van der Waals surface area contributed by atoms with E-state index in [4.69, 9.17) is 16.9 Å². The van der Waals surface area contributed by atoms with Crippen molar-refractivity contribution in [1.29, 1.82) is 5.26 Å². The lowest BCUT2D eigenvalue weighted by atomic mass is 10.5. The number of rotatable bonds is 3. The molecule has 2 heterocycles. The van der Waals surface area contributed by atoms with Gasteiger partial charge in [0.25, 0.3) is 0 Å². The van der Waals surface area contributed by atoms with Gasteiger partial charge in [-0.15, -0.1) is 11.3 Å². The first-order chi connectivity index (χ1) is 7.70. The summed E-state index contributed by atoms with van der Waals surface area (Å²) < 4.78 is 1.08. The average molecular weight is 335 g/mol. The van der Waals surface area contributed by atoms with Crippen LogP contribution in [0.1, 0.15) is 9.75 Å². The number of nitrogens with one attached hydrogen (secondary N) is 1. The van der Waals surface area contributed by atoms with E-state index in [0.29, 0.717) is 16.6 Å². The fraction of sp³-hybridized carbons (Fsp3) is 0.111. The van der Waals surface area contributed by atoms with E-state index in [9.17, 15) is 0 Å². The number of halogens is 2. The highest BCUT2D eigenvalue weighted by molar-refractivity contribution is 9.10. The molecule has 82 valence electrons. The van der Waals surface area contributed by atoms with Crippen molar-refractivity contribution in [2.75, 3.05) is 5.32 Å². The molecule has 0 spiro atoms. The number of thiazole rings is 1. The summed E-state index contributed by atoms with van der Waals surface area (Å²) in [6.07, 6.45) is 0. The van der Waals surface area contributed by atoms with Crippen molar-refractivity contribution in [3.63, 3.8) is 0 Å². The molecule has 2 aromatic rings. The fourth-order valence-electron chi connectivity index (χ4n) is 1.05. The van der Waals surface area contributed by atoms with Gasteiger partial charge < -0.3 is 5.32 Å².